The van der Waals surface area contributed by atoms with Crippen molar-refractivity contribution in [3.8, 4) is 17.5 Å². The summed E-state index contributed by atoms with van der Waals surface area (Å²) in [5.41, 5.74) is 2.48. The molecule has 0 bridgehead atoms. The van der Waals surface area contributed by atoms with Crippen molar-refractivity contribution in [3.05, 3.63) is 85.1 Å². The third kappa shape index (κ3) is 4.85. The van der Waals surface area contributed by atoms with Gasteiger partial charge >= 0.3 is 0 Å². The van der Waals surface area contributed by atoms with E-state index < -0.39 is 10.8 Å². The monoisotopic (exact) mass is 484 g/mol. The molecule has 33 heavy (non-hydrogen) atoms. The molecule has 0 saturated carbocycles. The largest absolute Gasteiger partial charge is 0.495 e. The van der Waals surface area contributed by atoms with E-state index in [9.17, 15) is 20.2 Å². The number of hydrogen-bond donors (Lipinski definition) is 1. The zero-order valence-corrected chi connectivity index (χ0v) is 19.4. The van der Waals surface area contributed by atoms with E-state index in [4.69, 9.17) is 27.9 Å². The summed E-state index contributed by atoms with van der Waals surface area (Å²) in [5.74, 6) is -0.217. The first kappa shape index (κ1) is 23.9. The summed E-state index contributed by atoms with van der Waals surface area (Å²) >= 11 is 12.1. The van der Waals surface area contributed by atoms with Crippen LogP contribution in [0, 0.1) is 35.3 Å². The van der Waals surface area contributed by atoms with Crippen molar-refractivity contribution in [2.75, 3.05) is 12.4 Å². The molecule has 3 aromatic rings. The second kappa shape index (κ2) is 9.77. The maximum atomic E-state index is 12.7. The van der Waals surface area contributed by atoms with E-state index in [-0.39, 0.29) is 27.0 Å². The molecule has 168 valence electrons. The van der Waals surface area contributed by atoms with E-state index in [1.807, 2.05) is 6.07 Å². The first-order valence-electron chi connectivity index (χ1n) is 9.56. The zero-order chi connectivity index (χ0) is 24.3. The van der Waals surface area contributed by atoms with Gasteiger partial charge in [-0.2, -0.15) is 5.26 Å². The van der Waals surface area contributed by atoms with Crippen LogP contribution in [0.5, 0.6) is 5.75 Å². The number of non-ortho nitro benzene ring substituents is 1. The highest BCUT2D eigenvalue weighted by molar-refractivity contribution is 6.44. The van der Waals surface area contributed by atoms with E-state index in [2.05, 4.69) is 5.32 Å². The van der Waals surface area contributed by atoms with Crippen LogP contribution in [0.15, 0.2) is 48.0 Å². The number of nitro benzene ring substituents is 1. The fourth-order valence-electron chi connectivity index (χ4n) is 3.37. The Kier molecular flexibility index (Phi) is 7.07. The number of anilines is 1. The highest BCUT2D eigenvalue weighted by atomic mass is 35.5. The Labute approximate surface area is 199 Å². The number of nitrogens with one attached hydrogen (secondary N) is 1. The van der Waals surface area contributed by atoms with Gasteiger partial charge in [-0.3, -0.25) is 14.9 Å². The average Bonchev–Trinajstić information content (AvgIpc) is 3.07. The molecule has 1 N–H and O–H groups in total. The fraction of sp³-hybridized carbons (Fsp3) is 0.130. The second-order valence-corrected chi connectivity index (χ2v) is 7.79. The van der Waals surface area contributed by atoms with Crippen molar-refractivity contribution in [1.29, 1.82) is 5.26 Å². The molecule has 0 atom stereocenters. The minimum absolute atomic E-state index is 0.0918. The number of aromatic nitrogens is 1. The first-order valence-corrected chi connectivity index (χ1v) is 10.3. The molecular formula is C23H18Cl2N4O4. The zero-order valence-electron chi connectivity index (χ0n) is 17.8. The average molecular weight is 485 g/mol. The molecule has 10 heteroatoms. The Bertz CT molecular complexity index is 1340. The summed E-state index contributed by atoms with van der Waals surface area (Å²) < 4.78 is 7.15. The lowest BCUT2D eigenvalue weighted by molar-refractivity contribution is -0.384. The van der Waals surface area contributed by atoms with Crippen LogP contribution in [0.1, 0.15) is 17.0 Å². The number of carbonyl (C=O) groups is 1. The number of nitriles is 1. The molecule has 0 aliphatic heterocycles. The van der Waals surface area contributed by atoms with E-state index >= 15 is 0 Å². The van der Waals surface area contributed by atoms with Gasteiger partial charge in [0.2, 0.25) is 0 Å². The maximum absolute atomic E-state index is 12.7. The van der Waals surface area contributed by atoms with Gasteiger partial charge in [-0.05, 0) is 49.8 Å². The molecule has 1 heterocycles. The number of methoxy groups -OCH3 is 1. The van der Waals surface area contributed by atoms with Crippen molar-refractivity contribution in [2.45, 2.75) is 13.8 Å². The SMILES string of the molecule is COc1ccc([N+](=O)[O-])cc1-n1c(C)cc(C=C(C#N)C(=O)Nc2cccc(Cl)c2Cl)c1C. The quantitative estimate of drug-likeness (QED) is 0.203. The lowest BCUT2D eigenvalue weighted by Crippen LogP contribution is -2.13. The van der Waals surface area contributed by atoms with Crippen LogP contribution in [0.4, 0.5) is 11.4 Å². The number of halogens is 2. The van der Waals surface area contributed by atoms with Gasteiger partial charge in [-0.1, -0.05) is 29.3 Å². The Morgan fingerprint density at radius 1 is 1.24 bits per heavy atom. The normalized spacial score (nSPS) is 11.1. The number of amides is 1. The molecule has 0 spiro atoms. The van der Waals surface area contributed by atoms with Crippen molar-refractivity contribution in [1.82, 2.24) is 4.57 Å². The van der Waals surface area contributed by atoms with Crippen LogP contribution >= 0.6 is 23.2 Å². The van der Waals surface area contributed by atoms with Gasteiger partial charge in [0.1, 0.15) is 17.4 Å². The summed E-state index contributed by atoms with van der Waals surface area (Å²) in [6, 6.07) is 12.7. The Balaban J connectivity index is 2.03. The van der Waals surface area contributed by atoms with E-state index in [0.717, 1.165) is 5.69 Å². The predicted molar refractivity (Wildman–Crippen MR) is 127 cm³/mol. The highest BCUT2D eigenvalue weighted by Gasteiger charge is 2.19. The van der Waals surface area contributed by atoms with Crippen LogP contribution in [0.3, 0.4) is 0 Å². The summed E-state index contributed by atoms with van der Waals surface area (Å²) in [5, 5.41) is 23.9. The molecule has 2 aromatic carbocycles. The third-order valence-corrected chi connectivity index (χ3v) is 5.77. The number of carbonyl (C=O) groups excluding carboxylic acids is 1. The van der Waals surface area contributed by atoms with E-state index in [1.165, 1.54) is 31.4 Å². The molecule has 0 aliphatic rings. The van der Waals surface area contributed by atoms with Gasteiger partial charge in [0.15, 0.2) is 0 Å². The smallest absolute Gasteiger partial charge is 0.271 e. The number of rotatable bonds is 6. The molecule has 1 aromatic heterocycles. The van der Waals surface area contributed by atoms with Gasteiger partial charge in [0.25, 0.3) is 11.6 Å². The number of ether oxygens (including phenoxy) is 1. The summed E-state index contributed by atoms with van der Waals surface area (Å²) in [6.07, 6.45) is 1.44. The maximum Gasteiger partial charge on any atom is 0.271 e. The highest BCUT2D eigenvalue weighted by Crippen LogP contribution is 2.33. The van der Waals surface area contributed by atoms with Crippen LogP contribution in [0.25, 0.3) is 11.8 Å². The van der Waals surface area contributed by atoms with Crippen LogP contribution in [-0.2, 0) is 4.79 Å². The molecule has 1 amide bonds. The molecule has 0 aliphatic carbocycles. The lowest BCUT2D eigenvalue weighted by Gasteiger charge is -2.14. The van der Waals surface area contributed by atoms with Gasteiger partial charge in [0, 0.05) is 23.5 Å². The van der Waals surface area contributed by atoms with E-state index in [0.29, 0.717) is 22.7 Å². The Hall–Kier alpha value is -3.80. The minimum atomic E-state index is -0.653. The minimum Gasteiger partial charge on any atom is -0.495 e. The van der Waals surface area contributed by atoms with Gasteiger partial charge in [0.05, 0.1) is 33.5 Å². The van der Waals surface area contributed by atoms with E-state index in [1.54, 1.807) is 42.7 Å². The molecule has 0 radical (unpaired) electrons. The second-order valence-electron chi connectivity index (χ2n) is 7.00. The molecule has 0 fully saturated rings. The van der Waals surface area contributed by atoms with Gasteiger partial charge in [-0.25, -0.2) is 0 Å². The number of hydrogen-bond acceptors (Lipinski definition) is 5. The molecule has 3 rings (SSSR count). The number of aryl methyl sites for hydroxylation is 1. The lowest BCUT2D eigenvalue weighted by atomic mass is 10.1. The first-order chi connectivity index (χ1) is 15.7. The van der Waals surface area contributed by atoms with Crippen LogP contribution in [-0.4, -0.2) is 22.5 Å². The molecule has 0 unspecified atom stereocenters. The predicted octanol–water partition coefficient (Wildman–Crippen LogP) is 5.86. The Morgan fingerprint density at radius 3 is 2.61 bits per heavy atom. The van der Waals surface area contributed by atoms with Gasteiger partial charge in [-0.15, -0.1) is 0 Å². The van der Waals surface area contributed by atoms with Crippen molar-refractivity contribution in [2.24, 2.45) is 0 Å². The van der Waals surface area contributed by atoms with Crippen LogP contribution in [0.2, 0.25) is 10.0 Å². The number of benzene rings is 2. The van der Waals surface area contributed by atoms with Crippen molar-refractivity contribution in [3.63, 3.8) is 0 Å². The number of nitrogens with zero attached hydrogens (tertiary/aromatic N) is 3. The summed E-state index contributed by atoms with van der Waals surface area (Å²) in [4.78, 5) is 23.5. The third-order valence-electron chi connectivity index (χ3n) is 4.95. The molecule has 8 nitrogen and oxygen atoms in total. The van der Waals surface area contributed by atoms with Gasteiger partial charge < -0.3 is 14.6 Å². The molecular weight excluding hydrogens is 467 g/mol. The van der Waals surface area contributed by atoms with Crippen LogP contribution < -0.4 is 10.1 Å². The topological polar surface area (TPSA) is 110 Å². The number of nitro groups is 1. The Morgan fingerprint density at radius 2 is 1.97 bits per heavy atom. The van der Waals surface area contributed by atoms with Crippen molar-refractivity contribution < 1.29 is 14.5 Å². The fourth-order valence-corrected chi connectivity index (χ4v) is 3.71. The standard InChI is InChI=1S/C23H18Cl2N4O4/c1-13-9-15(10-16(12-26)23(30)27-19-6-4-5-18(24)22(19)25)14(2)28(13)20-11-17(29(31)32)7-8-21(20)33-3/h4-11H,1-3H3,(H,27,30). The molecule has 0 saturated heterocycles. The summed E-state index contributed by atoms with van der Waals surface area (Å²) in [7, 11) is 1.47. The van der Waals surface area contributed by atoms with Crippen molar-refractivity contribution >= 4 is 46.6 Å². The summed E-state index contributed by atoms with van der Waals surface area (Å²) in [6.45, 7) is 3.58.